The van der Waals surface area contributed by atoms with E-state index >= 15 is 0 Å². The second-order valence-corrected chi connectivity index (χ2v) is 4.52. The van der Waals surface area contributed by atoms with Gasteiger partial charge in [-0.25, -0.2) is 4.79 Å². The Labute approximate surface area is 104 Å². The zero-order valence-corrected chi connectivity index (χ0v) is 9.80. The molecule has 0 aliphatic carbocycles. The highest BCUT2D eigenvalue weighted by atomic mass is 16.4. The Morgan fingerprint density at radius 3 is 2.50 bits per heavy atom. The molecule has 92 valence electrons. The van der Waals surface area contributed by atoms with Crippen molar-refractivity contribution >= 4 is 5.97 Å². The second-order valence-electron chi connectivity index (χ2n) is 4.52. The van der Waals surface area contributed by atoms with Crippen molar-refractivity contribution in [3.8, 4) is 0 Å². The minimum atomic E-state index is -0.949. The SMILES string of the molecule is O=C(O)c1coc(CN2Cc3ccccc3C2)c1. The van der Waals surface area contributed by atoms with Crippen molar-refractivity contribution < 1.29 is 14.3 Å². The molecular weight excluding hydrogens is 230 g/mol. The van der Waals surface area contributed by atoms with Crippen molar-refractivity contribution in [3.63, 3.8) is 0 Å². The zero-order valence-electron chi connectivity index (χ0n) is 9.80. The fourth-order valence-corrected chi connectivity index (χ4v) is 2.31. The van der Waals surface area contributed by atoms with Gasteiger partial charge in [0.1, 0.15) is 12.0 Å². The van der Waals surface area contributed by atoms with Crippen LogP contribution < -0.4 is 0 Å². The third-order valence-corrected chi connectivity index (χ3v) is 3.19. The molecule has 2 heterocycles. The van der Waals surface area contributed by atoms with E-state index in [0.29, 0.717) is 12.3 Å². The standard InChI is InChI=1S/C14H13NO3/c16-14(17)12-5-13(18-9-12)8-15-6-10-3-1-2-4-11(10)7-15/h1-5,9H,6-8H2,(H,16,17). The largest absolute Gasteiger partial charge is 0.478 e. The van der Waals surface area contributed by atoms with E-state index in [4.69, 9.17) is 9.52 Å². The van der Waals surface area contributed by atoms with Crippen LogP contribution in [-0.4, -0.2) is 16.0 Å². The maximum Gasteiger partial charge on any atom is 0.338 e. The maximum atomic E-state index is 10.8. The summed E-state index contributed by atoms with van der Waals surface area (Å²) in [5.74, 6) is -0.255. The Balaban J connectivity index is 1.70. The fraction of sp³-hybridized carbons (Fsp3) is 0.214. The van der Waals surface area contributed by atoms with Gasteiger partial charge in [0.15, 0.2) is 0 Å². The van der Waals surface area contributed by atoms with Gasteiger partial charge in [-0.1, -0.05) is 24.3 Å². The number of hydrogen-bond acceptors (Lipinski definition) is 3. The van der Waals surface area contributed by atoms with Gasteiger partial charge in [-0.05, 0) is 17.2 Å². The van der Waals surface area contributed by atoms with Gasteiger partial charge in [0.25, 0.3) is 0 Å². The van der Waals surface area contributed by atoms with Gasteiger partial charge in [0.05, 0.1) is 12.1 Å². The average Bonchev–Trinajstić information content (AvgIpc) is 2.94. The van der Waals surface area contributed by atoms with Crippen molar-refractivity contribution in [2.45, 2.75) is 19.6 Å². The molecule has 0 radical (unpaired) electrons. The molecule has 0 spiro atoms. The van der Waals surface area contributed by atoms with E-state index in [1.807, 2.05) is 12.1 Å². The highest BCUT2D eigenvalue weighted by Crippen LogP contribution is 2.24. The van der Waals surface area contributed by atoms with Crippen LogP contribution in [0, 0.1) is 0 Å². The van der Waals surface area contributed by atoms with Crippen molar-refractivity contribution in [2.75, 3.05) is 0 Å². The molecule has 0 amide bonds. The van der Waals surface area contributed by atoms with E-state index in [2.05, 4.69) is 17.0 Å². The Kier molecular flexibility index (Phi) is 2.64. The summed E-state index contributed by atoms with van der Waals surface area (Å²) in [5.41, 5.74) is 2.88. The van der Waals surface area contributed by atoms with Crippen molar-refractivity contribution in [2.24, 2.45) is 0 Å². The van der Waals surface area contributed by atoms with E-state index in [-0.39, 0.29) is 5.56 Å². The molecule has 0 bridgehead atoms. The van der Waals surface area contributed by atoms with Crippen LogP contribution in [0.25, 0.3) is 0 Å². The predicted molar refractivity (Wildman–Crippen MR) is 65.1 cm³/mol. The number of rotatable bonds is 3. The molecule has 1 aliphatic heterocycles. The van der Waals surface area contributed by atoms with Crippen LogP contribution in [-0.2, 0) is 19.6 Å². The monoisotopic (exact) mass is 243 g/mol. The first-order valence-electron chi connectivity index (χ1n) is 5.82. The van der Waals surface area contributed by atoms with Crippen LogP contribution in [0.4, 0.5) is 0 Å². The number of nitrogens with zero attached hydrogens (tertiary/aromatic N) is 1. The lowest BCUT2D eigenvalue weighted by molar-refractivity contribution is 0.0696. The van der Waals surface area contributed by atoms with E-state index in [1.165, 1.54) is 17.4 Å². The number of benzene rings is 1. The average molecular weight is 243 g/mol. The van der Waals surface area contributed by atoms with Gasteiger partial charge >= 0.3 is 5.97 Å². The second kappa shape index (κ2) is 4.31. The van der Waals surface area contributed by atoms with Gasteiger partial charge in [0.2, 0.25) is 0 Å². The fourth-order valence-electron chi connectivity index (χ4n) is 2.31. The van der Waals surface area contributed by atoms with Crippen molar-refractivity contribution in [1.82, 2.24) is 4.90 Å². The summed E-state index contributed by atoms with van der Waals surface area (Å²) in [6.07, 6.45) is 1.29. The lowest BCUT2D eigenvalue weighted by Crippen LogP contribution is -2.15. The van der Waals surface area contributed by atoms with Gasteiger partial charge in [-0.15, -0.1) is 0 Å². The topological polar surface area (TPSA) is 53.7 Å². The smallest absolute Gasteiger partial charge is 0.338 e. The molecule has 3 rings (SSSR count). The molecule has 0 fully saturated rings. The minimum absolute atomic E-state index is 0.210. The molecule has 0 unspecified atom stereocenters. The highest BCUT2D eigenvalue weighted by molar-refractivity contribution is 5.87. The van der Waals surface area contributed by atoms with Gasteiger partial charge < -0.3 is 9.52 Å². The van der Waals surface area contributed by atoms with Crippen LogP contribution in [0.2, 0.25) is 0 Å². The number of hydrogen-bond donors (Lipinski definition) is 1. The Bertz CT molecular complexity index is 563. The first-order valence-corrected chi connectivity index (χ1v) is 5.82. The molecule has 4 nitrogen and oxygen atoms in total. The number of aromatic carboxylic acids is 1. The maximum absolute atomic E-state index is 10.8. The third-order valence-electron chi connectivity index (χ3n) is 3.19. The van der Waals surface area contributed by atoms with Crippen LogP contribution in [0.15, 0.2) is 41.0 Å². The third kappa shape index (κ3) is 2.02. The van der Waals surface area contributed by atoms with Crippen molar-refractivity contribution in [1.29, 1.82) is 0 Å². The van der Waals surface area contributed by atoms with Crippen LogP contribution in [0.3, 0.4) is 0 Å². The normalized spacial score (nSPS) is 14.7. The Morgan fingerprint density at radius 2 is 1.94 bits per heavy atom. The molecule has 0 atom stereocenters. The van der Waals surface area contributed by atoms with Crippen LogP contribution in [0.5, 0.6) is 0 Å². The summed E-state index contributed by atoms with van der Waals surface area (Å²) in [5, 5.41) is 8.83. The lowest BCUT2D eigenvalue weighted by Gasteiger charge is -2.12. The summed E-state index contributed by atoms with van der Waals surface area (Å²) in [6.45, 7) is 2.42. The number of furan rings is 1. The summed E-state index contributed by atoms with van der Waals surface area (Å²) in [6, 6.07) is 9.92. The van der Waals surface area contributed by atoms with E-state index in [9.17, 15) is 4.79 Å². The van der Waals surface area contributed by atoms with Gasteiger partial charge in [-0.2, -0.15) is 0 Å². The quantitative estimate of drug-likeness (QED) is 0.899. The molecule has 4 heteroatoms. The zero-order chi connectivity index (χ0) is 12.5. The highest BCUT2D eigenvalue weighted by Gasteiger charge is 2.19. The summed E-state index contributed by atoms with van der Waals surface area (Å²) >= 11 is 0. The number of carboxylic acid groups (broad SMARTS) is 1. The molecule has 1 aliphatic rings. The minimum Gasteiger partial charge on any atom is -0.478 e. The molecular formula is C14H13NO3. The van der Waals surface area contributed by atoms with Crippen LogP contribution >= 0.6 is 0 Å². The summed E-state index contributed by atoms with van der Waals surface area (Å²) in [7, 11) is 0. The lowest BCUT2D eigenvalue weighted by atomic mass is 10.1. The van der Waals surface area contributed by atoms with Crippen molar-refractivity contribution in [3.05, 3.63) is 59.0 Å². The first kappa shape index (κ1) is 11.0. The molecule has 1 aromatic carbocycles. The number of fused-ring (bicyclic) bond motifs is 1. The number of carbonyl (C=O) groups is 1. The molecule has 1 aromatic heterocycles. The van der Waals surface area contributed by atoms with E-state index in [0.717, 1.165) is 13.1 Å². The Morgan fingerprint density at radius 1 is 1.28 bits per heavy atom. The molecule has 18 heavy (non-hydrogen) atoms. The molecule has 0 saturated heterocycles. The van der Waals surface area contributed by atoms with Crippen LogP contribution in [0.1, 0.15) is 27.2 Å². The first-order chi connectivity index (χ1) is 8.72. The van der Waals surface area contributed by atoms with E-state index in [1.54, 1.807) is 6.07 Å². The molecule has 2 aromatic rings. The molecule has 0 saturated carbocycles. The van der Waals surface area contributed by atoms with E-state index < -0.39 is 5.97 Å². The van der Waals surface area contributed by atoms with Gasteiger partial charge in [-0.3, -0.25) is 4.90 Å². The molecule has 1 N–H and O–H groups in total. The number of carboxylic acids is 1. The summed E-state index contributed by atoms with van der Waals surface area (Å²) < 4.78 is 5.26. The Hall–Kier alpha value is -2.07. The summed E-state index contributed by atoms with van der Waals surface area (Å²) in [4.78, 5) is 13.0. The van der Waals surface area contributed by atoms with Gasteiger partial charge in [0, 0.05) is 13.1 Å². The predicted octanol–water partition coefficient (Wildman–Crippen LogP) is 2.49.